The molecular weight excluding hydrogens is 883 g/mol. The summed E-state index contributed by atoms with van der Waals surface area (Å²) in [4.78, 5) is 63.7. The van der Waals surface area contributed by atoms with Crippen molar-refractivity contribution in [3.63, 3.8) is 0 Å². The van der Waals surface area contributed by atoms with Gasteiger partial charge in [-0.3, -0.25) is 34.2 Å². The van der Waals surface area contributed by atoms with Crippen LogP contribution in [0.4, 0.5) is 5.69 Å². The maximum Gasteiger partial charge on any atom is 0.264 e. The molecule has 68 heavy (non-hydrogen) atoms. The normalized spacial score (nSPS) is 14.8. The molecule has 1 saturated heterocycles. The van der Waals surface area contributed by atoms with Gasteiger partial charge in [-0.1, -0.05) is 83.6 Å². The molecule has 18 heteroatoms. The van der Waals surface area contributed by atoms with Crippen LogP contribution in [0.25, 0.3) is 0 Å². The van der Waals surface area contributed by atoms with Crippen molar-refractivity contribution in [2.75, 3.05) is 137 Å². The number of fused-ring (bicyclic) bond motifs is 1. The summed E-state index contributed by atoms with van der Waals surface area (Å²) in [5.41, 5.74) is 0.387. The average Bonchev–Trinajstić information content (AvgIpc) is 3.59. The van der Waals surface area contributed by atoms with Crippen LogP contribution >= 0.6 is 0 Å². The lowest BCUT2D eigenvalue weighted by molar-refractivity contribution is -0.136. The van der Waals surface area contributed by atoms with Gasteiger partial charge >= 0.3 is 0 Å². The summed E-state index contributed by atoms with van der Waals surface area (Å²) < 4.78 is 55.5. The van der Waals surface area contributed by atoms with Crippen molar-refractivity contribution in [2.45, 2.75) is 122 Å². The number of amides is 5. The lowest BCUT2D eigenvalue weighted by atomic mass is 10.0. The van der Waals surface area contributed by atoms with Crippen LogP contribution in [0.15, 0.2) is 18.2 Å². The van der Waals surface area contributed by atoms with Crippen molar-refractivity contribution in [2.24, 2.45) is 0 Å². The summed E-state index contributed by atoms with van der Waals surface area (Å²) in [6, 6.07) is 3.54. The molecule has 0 aromatic heterocycles. The molecular formula is C50H83N3O15. The second-order valence-electron chi connectivity index (χ2n) is 16.7. The van der Waals surface area contributed by atoms with Crippen molar-refractivity contribution < 1.29 is 71.3 Å². The van der Waals surface area contributed by atoms with Gasteiger partial charge in [0.2, 0.25) is 17.7 Å². The third-order valence-corrected chi connectivity index (χ3v) is 11.2. The van der Waals surface area contributed by atoms with E-state index < -0.39 is 29.7 Å². The molecule has 1 atom stereocenters. The van der Waals surface area contributed by atoms with Crippen LogP contribution in [0.3, 0.4) is 0 Å². The molecule has 0 saturated carbocycles. The van der Waals surface area contributed by atoms with Gasteiger partial charge in [-0.05, 0) is 37.8 Å². The van der Waals surface area contributed by atoms with Gasteiger partial charge < -0.3 is 52.7 Å². The van der Waals surface area contributed by atoms with Gasteiger partial charge in [0.05, 0.1) is 136 Å². The Morgan fingerprint density at radius 1 is 0.515 bits per heavy atom. The van der Waals surface area contributed by atoms with Crippen LogP contribution in [0.5, 0.6) is 0 Å². The van der Waals surface area contributed by atoms with Gasteiger partial charge in [0.25, 0.3) is 11.8 Å². The van der Waals surface area contributed by atoms with Crippen LogP contribution in [0, 0.1) is 0 Å². The highest BCUT2D eigenvalue weighted by molar-refractivity contribution is 6.26. The summed E-state index contributed by atoms with van der Waals surface area (Å²) in [6.07, 6.45) is 17.2. The van der Waals surface area contributed by atoms with Gasteiger partial charge in [-0.15, -0.1) is 0 Å². The first-order valence-electron chi connectivity index (χ1n) is 25.4. The highest BCUT2D eigenvalue weighted by Crippen LogP contribution is 2.32. The van der Waals surface area contributed by atoms with Crippen LogP contribution < -0.4 is 10.6 Å². The predicted molar refractivity (Wildman–Crippen MR) is 255 cm³/mol. The first-order valence-corrected chi connectivity index (χ1v) is 25.4. The van der Waals surface area contributed by atoms with E-state index in [1.165, 1.54) is 70.3 Å². The Morgan fingerprint density at radius 3 is 1.31 bits per heavy atom. The predicted octanol–water partition coefficient (Wildman–Crippen LogP) is 6.06. The lowest BCUT2D eigenvalue weighted by Gasteiger charge is -2.27. The molecule has 2 heterocycles. The van der Waals surface area contributed by atoms with Gasteiger partial charge in [0, 0.05) is 26.1 Å². The van der Waals surface area contributed by atoms with Gasteiger partial charge in [-0.2, -0.15) is 0 Å². The highest BCUT2D eigenvalue weighted by Gasteiger charge is 2.45. The van der Waals surface area contributed by atoms with Crippen LogP contribution in [0.1, 0.15) is 137 Å². The van der Waals surface area contributed by atoms with E-state index in [-0.39, 0.29) is 42.0 Å². The van der Waals surface area contributed by atoms with E-state index >= 15 is 0 Å². The molecule has 18 nitrogen and oxygen atoms in total. The molecule has 2 aliphatic rings. The number of piperidine rings is 1. The van der Waals surface area contributed by atoms with Crippen molar-refractivity contribution in [1.29, 1.82) is 0 Å². The summed E-state index contributed by atoms with van der Waals surface area (Å²) in [6.45, 7) is 12.6. The third-order valence-electron chi connectivity index (χ3n) is 11.2. The largest absolute Gasteiger partial charge is 0.379 e. The molecule has 0 aliphatic carbocycles. The molecule has 1 fully saturated rings. The number of hydrogen-bond acceptors (Lipinski definition) is 15. The second-order valence-corrected chi connectivity index (χ2v) is 16.7. The zero-order chi connectivity index (χ0) is 48.5. The molecule has 388 valence electrons. The van der Waals surface area contributed by atoms with Crippen molar-refractivity contribution in [1.82, 2.24) is 10.2 Å². The van der Waals surface area contributed by atoms with E-state index in [9.17, 15) is 24.0 Å². The summed E-state index contributed by atoms with van der Waals surface area (Å²) >= 11 is 0. The summed E-state index contributed by atoms with van der Waals surface area (Å²) in [5.74, 6) is -2.71. The minimum Gasteiger partial charge on any atom is -0.379 e. The summed E-state index contributed by atoms with van der Waals surface area (Å²) in [7, 11) is 0. The van der Waals surface area contributed by atoms with E-state index in [0.717, 1.165) is 30.8 Å². The maximum atomic E-state index is 13.2. The molecule has 2 N–H and O–H groups in total. The minimum absolute atomic E-state index is 0.0289. The molecule has 2 aliphatic heterocycles. The smallest absolute Gasteiger partial charge is 0.264 e. The number of ether oxygens (including phenoxy) is 10. The van der Waals surface area contributed by atoms with Crippen molar-refractivity contribution in [3.8, 4) is 0 Å². The van der Waals surface area contributed by atoms with E-state index in [1.807, 2.05) is 0 Å². The Balaban J connectivity index is 0.955. The number of anilines is 1. The number of unbranched alkanes of at least 4 members (excludes halogenated alkanes) is 12. The Hall–Kier alpha value is -3.43. The molecule has 1 aromatic carbocycles. The number of imide groups is 2. The quantitative estimate of drug-likeness (QED) is 0.0563. The van der Waals surface area contributed by atoms with E-state index in [1.54, 1.807) is 12.1 Å². The molecule has 0 radical (unpaired) electrons. The van der Waals surface area contributed by atoms with Crippen molar-refractivity contribution in [3.05, 3.63) is 29.3 Å². The van der Waals surface area contributed by atoms with Crippen LogP contribution in [0.2, 0.25) is 0 Å². The fraction of sp³-hybridized carbons (Fsp3) is 0.780. The minimum atomic E-state index is -1.07. The van der Waals surface area contributed by atoms with E-state index in [4.69, 9.17) is 47.4 Å². The van der Waals surface area contributed by atoms with Crippen LogP contribution in [-0.2, 0) is 61.8 Å². The highest BCUT2D eigenvalue weighted by atomic mass is 16.6. The molecule has 0 spiro atoms. The Kier molecular flexibility index (Phi) is 34.9. The lowest BCUT2D eigenvalue weighted by Crippen LogP contribution is -2.54. The first-order chi connectivity index (χ1) is 33.4. The van der Waals surface area contributed by atoms with Crippen LogP contribution in [-0.4, -0.2) is 173 Å². The number of benzene rings is 1. The van der Waals surface area contributed by atoms with E-state index in [0.29, 0.717) is 132 Å². The fourth-order valence-electron chi connectivity index (χ4n) is 7.45. The fourth-order valence-corrected chi connectivity index (χ4v) is 7.45. The third kappa shape index (κ3) is 27.1. The second kappa shape index (κ2) is 40.3. The average molecular weight is 966 g/mol. The Bertz CT molecular complexity index is 1520. The zero-order valence-electron chi connectivity index (χ0n) is 41.0. The molecule has 1 unspecified atom stereocenters. The topological polar surface area (TPSA) is 205 Å². The molecule has 5 amide bonds. The number of rotatable bonds is 47. The number of carbonyl (C=O) groups excluding carboxylic acids is 5. The Labute approximate surface area is 404 Å². The summed E-state index contributed by atoms with van der Waals surface area (Å²) in [5, 5.41) is 4.92. The van der Waals surface area contributed by atoms with Gasteiger partial charge in [0.15, 0.2) is 0 Å². The van der Waals surface area contributed by atoms with Crippen molar-refractivity contribution >= 4 is 35.2 Å². The molecule has 0 bridgehead atoms. The zero-order valence-corrected chi connectivity index (χ0v) is 41.0. The number of carbonyl (C=O) groups is 5. The maximum absolute atomic E-state index is 13.2. The first kappa shape index (κ1) is 58.9. The Morgan fingerprint density at radius 2 is 0.897 bits per heavy atom. The van der Waals surface area contributed by atoms with E-state index in [2.05, 4.69) is 17.6 Å². The monoisotopic (exact) mass is 966 g/mol. The molecule has 3 rings (SSSR count). The molecule has 1 aromatic rings. The number of nitrogens with zero attached hydrogens (tertiary/aromatic N) is 1. The standard InChI is InChI=1S/C50H83N3O15/c1-2-3-4-5-6-7-8-9-10-11-14-22-59-24-26-61-28-30-63-32-34-65-36-38-67-40-41-68-39-37-66-35-33-64-31-29-62-27-25-60-23-15-12-13-19-45(54)51-43-18-16-17-42-47(43)50(58)53(49(42)57)44-20-21-46(55)52-48(44)56/h16-18,44H,2-15,19-41H2,1H3,(H,51,54)(H,52,55,56). The number of hydrogen-bond donors (Lipinski definition) is 2. The van der Waals surface area contributed by atoms with Gasteiger partial charge in [-0.25, -0.2) is 0 Å². The number of nitrogens with one attached hydrogen (secondary N) is 2. The SMILES string of the molecule is CCCCCCCCCCCCCOCCOCCOCCOCCOCCOCCOCCOCCOCCOCCCCCC(=O)Nc1cccc2c1C(=O)N(C1CCC(=O)NC1=O)C2=O. The van der Waals surface area contributed by atoms with Gasteiger partial charge in [0.1, 0.15) is 6.04 Å².